The number of likely N-dealkylation sites (tertiary alicyclic amines) is 1. The maximum Gasteiger partial charge on any atom is 0.335 e. The third kappa shape index (κ3) is 5.17. The van der Waals surface area contributed by atoms with E-state index in [2.05, 4.69) is 54.8 Å². The predicted molar refractivity (Wildman–Crippen MR) is 148 cm³/mol. The van der Waals surface area contributed by atoms with E-state index in [0.717, 1.165) is 60.9 Å². The number of carboxylic acids is 1. The quantitative estimate of drug-likeness (QED) is 0.456. The van der Waals surface area contributed by atoms with Crippen LogP contribution < -0.4 is 0 Å². The number of rotatable bonds is 6. The van der Waals surface area contributed by atoms with Gasteiger partial charge >= 0.3 is 5.97 Å². The number of carbonyl (C=O) groups is 2. The number of hydrogen-bond acceptors (Lipinski definition) is 3. The van der Waals surface area contributed by atoms with E-state index in [9.17, 15) is 14.7 Å². The molecule has 1 aromatic heterocycles. The molecule has 0 spiro atoms. The molecule has 2 aliphatic rings. The summed E-state index contributed by atoms with van der Waals surface area (Å²) in [6.45, 7) is 3.84. The highest BCUT2D eigenvalue weighted by molar-refractivity contribution is 5.99. The molecule has 1 amide bonds. The fraction of sp³-hybridized carbons (Fsp3) is 0.484. The average molecular weight is 502 g/mol. The Morgan fingerprint density at radius 2 is 1.70 bits per heavy atom. The maximum atomic E-state index is 13.7. The molecule has 196 valence electrons. The highest BCUT2D eigenvalue weighted by Gasteiger charge is 2.30. The zero-order valence-corrected chi connectivity index (χ0v) is 22.4. The van der Waals surface area contributed by atoms with Crippen LogP contribution in [0.25, 0.3) is 22.2 Å². The summed E-state index contributed by atoms with van der Waals surface area (Å²) >= 11 is 0. The Morgan fingerprint density at radius 3 is 2.35 bits per heavy atom. The van der Waals surface area contributed by atoms with E-state index < -0.39 is 5.97 Å². The molecule has 5 rings (SSSR count). The van der Waals surface area contributed by atoms with Crippen LogP contribution >= 0.6 is 0 Å². The van der Waals surface area contributed by atoms with Crippen molar-refractivity contribution in [2.24, 2.45) is 0 Å². The van der Waals surface area contributed by atoms with E-state index in [0.29, 0.717) is 12.0 Å². The van der Waals surface area contributed by atoms with Crippen molar-refractivity contribution in [2.45, 2.75) is 70.4 Å². The molecule has 2 aromatic carbocycles. The maximum absolute atomic E-state index is 13.7. The van der Waals surface area contributed by atoms with Crippen molar-refractivity contribution in [3.8, 4) is 11.3 Å². The van der Waals surface area contributed by atoms with E-state index in [1.807, 2.05) is 11.0 Å². The third-order valence-corrected chi connectivity index (χ3v) is 8.50. The summed E-state index contributed by atoms with van der Waals surface area (Å²) in [6.07, 6.45) is 7.89. The van der Waals surface area contributed by atoms with E-state index in [1.165, 1.54) is 30.4 Å². The molecule has 6 heteroatoms. The monoisotopic (exact) mass is 501 g/mol. The van der Waals surface area contributed by atoms with Gasteiger partial charge in [0.2, 0.25) is 5.91 Å². The molecule has 6 nitrogen and oxygen atoms in total. The summed E-state index contributed by atoms with van der Waals surface area (Å²) in [6, 6.07) is 14.5. The molecule has 37 heavy (non-hydrogen) atoms. The zero-order chi connectivity index (χ0) is 26.1. The topological polar surface area (TPSA) is 65.8 Å². The van der Waals surface area contributed by atoms with Crippen LogP contribution in [0.5, 0.6) is 0 Å². The van der Waals surface area contributed by atoms with Gasteiger partial charge in [-0.1, -0.05) is 49.1 Å². The number of aryl methyl sites for hydroxylation is 1. The second-order valence-corrected chi connectivity index (χ2v) is 11.2. The molecule has 1 saturated carbocycles. The summed E-state index contributed by atoms with van der Waals surface area (Å²) in [5, 5.41) is 10.9. The molecule has 1 saturated heterocycles. The van der Waals surface area contributed by atoms with Crippen molar-refractivity contribution in [2.75, 3.05) is 27.2 Å². The first-order chi connectivity index (χ1) is 17.8. The number of aromatic nitrogens is 1. The van der Waals surface area contributed by atoms with Gasteiger partial charge in [0.25, 0.3) is 0 Å². The SMILES string of the molecule is Cc1cccc(-c2c(C3CCCCC3)c3ccc(C(=O)O)cc3n2CC(=O)N2CCC(N(C)C)CC2)c1. The summed E-state index contributed by atoms with van der Waals surface area (Å²) in [7, 11) is 4.21. The molecule has 0 atom stereocenters. The molecule has 2 heterocycles. The van der Waals surface area contributed by atoms with Gasteiger partial charge in [0.05, 0.1) is 16.8 Å². The molecule has 3 aromatic rings. The highest BCUT2D eigenvalue weighted by atomic mass is 16.4. The number of hydrogen-bond donors (Lipinski definition) is 1. The number of aromatic carboxylic acids is 1. The first kappa shape index (κ1) is 25.5. The normalized spacial score (nSPS) is 17.6. The number of fused-ring (bicyclic) bond motifs is 1. The van der Waals surface area contributed by atoms with Gasteiger partial charge in [-0.25, -0.2) is 4.79 Å². The van der Waals surface area contributed by atoms with Crippen LogP contribution in [0.1, 0.15) is 72.3 Å². The van der Waals surface area contributed by atoms with E-state index in [1.54, 1.807) is 12.1 Å². The largest absolute Gasteiger partial charge is 0.478 e. The summed E-state index contributed by atoms with van der Waals surface area (Å²) in [5.74, 6) is -0.420. The number of carbonyl (C=O) groups excluding carboxylic acids is 1. The lowest BCUT2D eigenvalue weighted by Crippen LogP contribution is -2.45. The number of benzene rings is 2. The van der Waals surface area contributed by atoms with Gasteiger partial charge in [0.1, 0.15) is 6.54 Å². The Hall–Kier alpha value is -3.12. The number of piperidine rings is 1. The second-order valence-electron chi connectivity index (χ2n) is 11.2. The average Bonchev–Trinajstić information content (AvgIpc) is 3.22. The molecule has 1 aliphatic heterocycles. The molecule has 0 unspecified atom stereocenters. The van der Waals surface area contributed by atoms with Gasteiger partial charge in [-0.05, 0) is 81.9 Å². The van der Waals surface area contributed by atoms with Crippen molar-refractivity contribution < 1.29 is 14.7 Å². The van der Waals surface area contributed by atoms with Gasteiger partial charge < -0.3 is 19.5 Å². The highest BCUT2D eigenvalue weighted by Crippen LogP contribution is 2.44. The van der Waals surface area contributed by atoms with Gasteiger partial charge in [0.15, 0.2) is 0 Å². The lowest BCUT2D eigenvalue weighted by molar-refractivity contribution is -0.133. The Labute approximate surface area is 219 Å². The Balaban J connectivity index is 1.64. The number of nitrogens with zero attached hydrogens (tertiary/aromatic N) is 3. The van der Waals surface area contributed by atoms with Gasteiger partial charge in [-0.3, -0.25) is 4.79 Å². The lowest BCUT2D eigenvalue weighted by atomic mass is 9.81. The Bertz CT molecular complexity index is 1290. The van der Waals surface area contributed by atoms with Crippen LogP contribution in [0.4, 0.5) is 0 Å². The standard InChI is InChI=1S/C31H39N3O3/c1-21-8-7-11-23(18-21)30-29(22-9-5-4-6-10-22)26-13-12-24(31(36)37)19-27(26)34(30)20-28(35)33-16-14-25(15-17-33)32(2)3/h7-8,11-13,18-19,22,25H,4-6,9-10,14-17,20H2,1-3H3,(H,36,37). The van der Waals surface area contributed by atoms with Crippen molar-refractivity contribution in [3.63, 3.8) is 0 Å². The lowest BCUT2D eigenvalue weighted by Gasteiger charge is -2.35. The van der Waals surface area contributed by atoms with Crippen LogP contribution in [-0.4, -0.2) is 64.6 Å². The second kappa shape index (κ2) is 10.7. The fourth-order valence-electron chi connectivity index (χ4n) is 6.45. The first-order valence-corrected chi connectivity index (χ1v) is 13.7. The molecule has 1 N–H and O–H groups in total. The minimum absolute atomic E-state index is 0.110. The summed E-state index contributed by atoms with van der Waals surface area (Å²) in [5.41, 5.74) is 5.77. The molecular formula is C31H39N3O3. The van der Waals surface area contributed by atoms with Crippen molar-refractivity contribution >= 4 is 22.8 Å². The van der Waals surface area contributed by atoms with Crippen molar-refractivity contribution in [3.05, 3.63) is 59.2 Å². The van der Waals surface area contributed by atoms with Crippen molar-refractivity contribution in [1.29, 1.82) is 0 Å². The molecule has 2 fully saturated rings. The molecule has 0 bridgehead atoms. The minimum Gasteiger partial charge on any atom is -0.478 e. The van der Waals surface area contributed by atoms with Crippen LogP contribution in [0.15, 0.2) is 42.5 Å². The predicted octanol–water partition coefficient (Wildman–Crippen LogP) is 5.92. The smallest absolute Gasteiger partial charge is 0.335 e. The first-order valence-electron chi connectivity index (χ1n) is 13.7. The van der Waals surface area contributed by atoms with E-state index >= 15 is 0 Å². The van der Waals surface area contributed by atoms with Crippen LogP contribution in [0.3, 0.4) is 0 Å². The molecule has 1 aliphatic carbocycles. The van der Waals surface area contributed by atoms with E-state index in [4.69, 9.17) is 0 Å². The van der Waals surface area contributed by atoms with Crippen LogP contribution in [-0.2, 0) is 11.3 Å². The third-order valence-electron chi connectivity index (χ3n) is 8.50. The zero-order valence-electron chi connectivity index (χ0n) is 22.4. The minimum atomic E-state index is -0.942. The molecular weight excluding hydrogens is 462 g/mol. The Morgan fingerprint density at radius 1 is 0.973 bits per heavy atom. The number of carboxylic acid groups (broad SMARTS) is 1. The summed E-state index contributed by atoms with van der Waals surface area (Å²) < 4.78 is 2.13. The number of amides is 1. The van der Waals surface area contributed by atoms with Gasteiger partial charge in [0, 0.05) is 24.5 Å². The summed E-state index contributed by atoms with van der Waals surface area (Å²) in [4.78, 5) is 29.9. The van der Waals surface area contributed by atoms with Gasteiger partial charge in [-0.2, -0.15) is 0 Å². The van der Waals surface area contributed by atoms with Crippen LogP contribution in [0.2, 0.25) is 0 Å². The Kier molecular flexibility index (Phi) is 7.38. The van der Waals surface area contributed by atoms with Gasteiger partial charge in [-0.15, -0.1) is 0 Å². The van der Waals surface area contributed by atoms with Crippen molar-refractivity contribution in [1.82, 2.24) is 14.4 Å². The van der Waals surface area contributed by atoms with E-state index in [-0.39, 0.29) is 18.0 Å². The van der Waals surface area contributed by atoms with Crippen LogP contribution in [0, 0.1) is 6.92 Å². The fourth-order valence-corrected chi connectivity index (χ4v) is 6.45. The molecule has 0 radical (unpaired) electrons.